The lowest BCUT2D eigenvalue weighted by molar-refractivity contribution is 0.410. The highest BCUT2D eigenvalue weighted by atomic mass is 32.1. The van der Waals surface area contributed by atoms with Crippen molar-refractivity contribution in [2.75, 3.05) is 7.11 Å². The number of ether oxygens (including phenoxy) is 1. The van der Waals surface area contributed by atoms with Gasteiger partial charge in [0.25, 0.3) is 5.56 Å². The van der Waals surface area contributed by atoms with Crippen molar-refractivity contribution in [3.05, 3.63) is 52.2 Å². The van der Waals surface area contributed by atoms with E-state index in [0.717, 1.165) is 45.1 Å². The molecule has 102 valence electrons. The monoisotopic (exact) mass is 285 g/mol. The number of benzene rings is 1. The molecule has 0 aliphatic heterocycles. The summed E-state index contributed by atoms with van der Waals surface area (Å²) in [5.74, 6) is 0.860. The largest absolute Gasteiger partial charge is 0.496 e. The minimum absolute atomic E-state index is 0.0256. The van der Waals surface area contributed by atoms with Gasteiger partial charge in [0.15, 0.2) is 0 Å². The Morgan fingerprint density at radius 2 is 2.25 bits per heavy atom. The first-order valence-corrected chi connectivity index (χ1v) is 7.34. The number of allylic oxidation sites excluding steroid dienone is 1. The lowest BCUT2D eigenvalue weighted by Crippen LogP contribution is -2.06. The molecule has 3 nitrogen and oxygen atoms in total. The molecule has 0 radical (unpaired) electrons. The average molecular weight is 285 g/mol. The smallest absolute Gasteiger partial charge is 0.266 e. The van der Waals surface area contributed by atoms with Crippen LogP contribution >= 0.6 is 11.3 Å². The first kappa shape index (κ1) is 12.9. The quantitative estimate of drug-likeness (QED) is 0.739. The van der Waals surface area contributed by atoms with Crippen LogP contribution < -0.4 is 10.3 Å². The summed E-state index contributed by atoms with van der Waals surface area (Å²) < 4.78 is 6.25. The Kier molecular flexibility index (Phi) is 3.32. The van der Waals surface area contributed by atoms with Crippen LogP contribution in [-0.4, -0.2) is 12.1 Å². The van der Waals surface area contributed by atoms with E-state index in [0.29, 0.717) is 0 Å². The van der Waals surface area contributed by atoms with E-state index in [2.05, 4.69) is 11.6 Å². The summed E-state index contributed by atoms with van der Waals surface area (Å²) in [6.45, 7) is 3.78. The number of H-pyrrole nitrogens is 1. The second-order valence-corrected chi connectivity index (χ2v) is 5.53. The number of aromatic nitrogens is 1. The van der Waals surface area contributed by atoms with Crippen molar-refractivity contribution in [2.24, 2.45) is 0 Å². The molecule has 0 aliphatic rings. The molecule has 20 heavy (non-hydrogen) atoms. The van der Waals surface area contributed by atoms with Crippen LogP contribution in [0.25, 0.3) is 21.0 Å². The maximum Gasteiger partial charge on any atom is 0.266 e. The number of rotatable bonds is 4. The molecule has 0 spiro atoms. The lowest BCUT2D eigenvalue weighted by Gasteiger charge is -2.12. The number of thiophene rings is 1. The van der Waals surface area contributed by atoms with E-state index in [1.165, 1.54) is 11.3 Å². The van der Waals surface area contributed by atoms with Gasteiger partial charge in [-0.3, -0.25) is 4.79 Å². The predicted molar refractivity (Wildman–Crippen MR) is 85.0 cm³/mol. The van der Waals surface area contributed by atoms with Crippen LogP contribution in [0.5, 0.6) is 5.75 Å². The molecule has 4 heteroatoms. The van der Waals surface area contributed by atoms with Crippen molar-refractivity contribution in [2.45, 2.75) is 12.8 Å². The fourth-order valence-corrected chi connectivity index (χ4v) is 3.38. The van der Waals surface area contributed by atoms with Crippen molar-refractivity contribution in [3.8, 4) is 5.75 Å². The van der Waals surface area contributed by atoms with E-state index < -0.39 is 0 Å². The van der Waals surface area contributed by atoms with Crippen LogP contribution in [0.15, 0.2) is 41.0 Å². The molecule has 3 aromatic rings. The number of aryl methyl sites for hydroxylation is 1. The molecule has 0 saturated heterocycles. The number of hydrogen-bond donors (Lipinski definition) is 1. The molecule has 0 amide bonds. The van der Waals surface area contributed by atoms with Crippen molar-refractivity contribution in [1.29, 1.82) is 0 Å². The summed E-state index contributed by atoms with van der Waals surface area (Å²) in [6, 6.07) is 5.83. The Balaban J connectivity index is 2.44. The maximum atomic E-state index is 12.0. The number of nitrogens with one attached hydrogen (secondary N) is 1. The maximum absolute atomic E-state index is 12.0. The SMILES string of the molecule is C=CCCc1c(OC)ccc2[nH]c(=O)c3sccc3c12. The van der Waals surface area contributed by atoms with Crippen LogP contribution in [0.1, 0.15) is 12.0 Å². The van der Waals surface area contributed by atoms with Crippen LogP contribution in [0, 0.1) is 0 Å². The molecular formula is C16H15NO2S. The third-order valence-corrected chi connectivity index (χ3v) is 4.39. The molecule has 0 fully saturated rings. The van der Waals surface area contributed by atoms with Gasteiger partial charge >= 0.3 is 0 Å². The third kappa shape index (κ3) is 1.93. The van der Waals surface area contributed by atoms with Crippen molar-refractivity contribution in [3.63, 3.8) is 0 Å². The number of hydrogen-bond acceptors (Lipinski definition) is 3. The predicted octanol–water partition coefficient (Wildman–Crippen LogP) is 3.87. The zero-order chi connectivity index (χ0) is 14.1. The van der Waals surface area contributed by atoms with Crippen molar-refractivity contribution >= 4 is 32.3 Å². The Hall–Kier alpha value is -2.07. The summed E-state index contributed by atoms with van der Waals surface area (Å²) in [7, 11) is 1.68. The molecule has 0 saturated carbocycles. The summed E-state index contributed by atoms with van der Waals surface area (Å²) in [6.07, 6.45) is 3.62. The zero-order valence-corrected chi connectivity index (χ0v) is 12.0. The van der Waals surface area contributed by atoms with Gasteiger partial charge in [0.2, 0.25) is 0 Å². The van der Waals surface area contributed by atoms with Crippen LogP contribution in [-0.2, 0) is 6.42 Å². The highest BCUT2D eigenvalue weighted by Gasteiger charge is 2.13. The molecular weight excluding hydrogens is 270 g/mol. The van der Waals surface area contributed by atoms with E-state index >= 15 is 0 Å². The fraction of sp³-hybridized carbons (Fsp3) is 0.188. The molecule has 0 unspecified atom stereocenters. The second kappa shape index (κ2) is 5.13. The van der Waals surface area contributed by atoms with Crippen LogP contribution in [0.2, 0.25) is 0 Å². The van der Waals surface area contributed by atoms with Gasteiger partial charge < -0.3 is 9.72 Å². The van der Waals surface area contributed by atoms with E-state index in [1.807, 2.05) is 29.7 Å². The summed E-state index contributed by atoms with van der Waals surface area (Å²) in [4.78, 5) is 15.0. The molecule has 1 aromatic carbocycles. The Morgan fingerprint density at radius 1 is 1.40 bits per heavy atom. The summed E-state index contributed by atoms with van der Waals surface area (Å²) in [5.41, 5.74) is 1.97. The second-order valence-electron chi connectivity index (χ2n) is 4.61. The number of aromatic amines is 1. The van der Waals surface area contributed by atoms with Gasteiger partial charge in [0, 0.05) is 21.9 Å². The van der Waals surface area contributed by atoms with Gasteiger partial charge in [-0.1, -0.05) is 6.08 Å². The first-order valence-electron chi connectivity index (χ1n) is 6.46. The average Bonchev–Trinajstić information content (AvgIpc) is 2.94. The number of fused-ring (bicyclic) bond motifs is 3. The highest BCUT2D eigenvalue weighted by Crippen LogP contribution is 2.33. The first-order chi connectivity index (χ1) is 9.76. The summed E-state index contributed by atoms with van der Waals surface area (Å²) in [5, 5.41) is 4.05. The van der Waals surface area contributed by atoms with E-state index in [4.69, 9.17) is 4.74 Å². The fourth-order valence-electron chi connectivity index (χ4n) is 2.59. The standard InChI is InChI=1S/C16H15NO2S/c1-3-4-5-10-13(19-2)7-6-12-14(10)11-8-9-20-15(11)16(18)17-12/h3,6-9H,1,4-5H2,2H3,(H,17,18). The Labute approximate surface area is 120 Å². The van der Waals surface area contributed by atoms with Gasteiger partial charge in [0.05, 0.1) is 7.11 Å². The highest BCUT2D eigenvalue weighted by molar-refractivity contribution is 7.17. The Bertz CT molecular complexity index is 845. The van der Waals surface area contributed by atoms with Gasteiger partial charge in [-0.05, 0) is 36.4 Å². The van der Waals surface area contributed by atoms with Gasteiger partial charge in [-0.25, -0.2) is 0 Å². The van der Waals surface area contributed by atoms with Crippen LogP contribution in [0.4, 0.5) is 0 Å². The van der Waals surface area contributed by atoms with E-state index in [1.54, 1.807) is 7.11 Å². The molecule has 2 heterocycles. The third-order valence-electron chi connectivity index (χ3n) is 3.48. The summed E-state index contributed by atoms with van der Waals surface area (Å²) >= 11 is 1.47. The molecule has 2 aromatic heterocycles. The van der Waals surface area contributed by atoms with Gasteiger partial charge in [0.1, 0.15) is 10.4 Å². The molecule has 0 aliphatic carbocycles. The molecule has 3 rings (SSSR count). The van der Waals surface area contributed by atoms with E-state index in [-0.39, 0.29) is 5.56 Å². The number of pyridine rings is 1. The normalized spacial score (nSPS) is 11.1. The van der Waals surface area contributed by atoms with E-state index in [9.17, 15) is 4.79 Å². The minimum Gasteiger partial charge on any atom is -0.496 e. The van der Waals surface area contributed by atoms with Crippen molar-refractivity contribution < 1.29 is 4.74 Å². The topological polar surface area (TPSA) is 42.1 Å². The number of methoxy groups -OCH3 is 1. The van der Waals surface area contributed by atoms with Crippen LogP contribution in [0.3, 0.4) is 0 Å². The molecule has 0 atom stereocenters. The Morgan fingerprint density at radius 3 is 3.00 bits per heavy atom. The van der Waals surface area contributed by atoms with Gasteiger partial charge in [-0.15, -0.1) is 17.9 Å². The zero-order valence-electron chi connectivity index (χ0n) is 11.2. The van der Waals surface area contributed by atoms with Crippen molar-refractivity contribution in [1.82, 2.24) is 4.98 Å². The minimum atomic E-state index is -0.0256. The molecule has 0 bridgehead atoms. The lowest BCUT2D eigenvalue weighted by atomic mass is 10.00. The van der Waals surface area contributed by atoms with Gasteiger partial charge in [-0.2, -0.15) is 0 Å². The molecule has 1 N–H and O–H groups in total.